The van der Waals surface area contributed by atoms with Crippen LogP contribution < -0.4 is 4.90 Å². The van der Waals surface area contributed by atoms with Crippen molar-refractivity contribution >= 4 is 44.3 Å². The lowest BCUT2D eigenvalue weighted by Gasteiger charge is -2.49. The van der Waals surface area contributed by atoms with E-state index in [1.807, 2.05) is 25.7 Å². The molecule has 2 aromatic rings. The van der Waals surface area contributed by atoms with Crippen LogP contribution in [-0.4, -0.2) is 65.9 Å². The number of anilines is 1. The quantitative estimate of drug-likeness (QED) is 0.536. The normalized spacial score (nSPS) is 26.4. The smallest absolute Gasteiger partial charge is 0.410 e. The lowest BCUT2D eigenvalue weighted by atomic mass is 9.87. The number of carbonyl (C=O) groups is 1. The Balaban J connectivity index is 1.69. The average molecular weight is 511 g/mol. The Morgan fingerprint density at radius 3 is 2.62 bits per heavy atom. The van der Waals surface area contributed by atoms with Gasteiger partial charge in [0, 0.05) is 17.8 Å². The van der Waals surface area contributed by atoms with Gasteiger partial charge in [0.25, 0.3) is 0 Å². The molecule has 1 aromatic carbocycles. The van der Waals surface area contributed by atoms with Gasteiger partial charge in [0.2, 0.25) is 15.0 Å². The number of amides is 1. The van der Waals surface area contributed by atoms with E-state index in [1.54, 1.807) is 0 Å². The van der Waals surface area contributed by atoms with Gasteiger partial charge < -0.3 is 9.64 Å². The molecule has 4 atom stereocenters. The summed E-state index contributed by atoms with van der Waals surface area (Å²) in [6.07, 6.45) is 2.78. The number of sulfone groups is 1. The minimum absolute atomic E-state index is 0.0241. The molecule has 34 heavy (non-hydrogen) atoms. The molecular formula is C23H28ClFN4O4S. The van der Waals surface area contributed by atoms with Gasteiger partial charge >= 0.3 is 6.09 Å². The van der Waals surface area contributed by atoms with Crippen LogP contribution in [0.3, 0.4) is 0 Å². The third-order valence-electron chi connectivity index (χ3n) is 6.96. The van der Waals surface area contributed by atoms with Crippen molar-refractivity contribution in [3.8, 4) is 0 Å². The number of hydrogen-bond acceptors (Lipinski definition) is 7. The molecule has 4 heterocycles. The van der Waals surface area contributed by atoms with E-state index in [9.17, 15) is 13.2 Å². The van der Waals surface area contributed by atoms with Crippen molar-refractivity contribution in [1.82, 2.24) is 14.9 Å². The van der Waals surface area contributed by atoms with Gasteiger partial charge in [-0.3, -0.25) is 4.90 Å². The third-order valence-corrected chi connectivity index (χ3v) is 8.15. The molecule has 8 nitrogen and oxygen atoms in total. The fourth-order valence-corrected chi connectivity index (χ4v) is 6.55. The Kier molecular flexibility index (Phi) is 5.29. The van der Waals surface area contributed by atoms with Gasteiger partial charge in [-0.25, -0.2) is 27.6 Å². The van der Waals surface area contributed by atoms with Crippen LogP contribution in [0.4, 0.5) is 15.0 Å². The zero-order chi connectivity index (χ0) is 24.7. The van der Waals surface area contributed by atoms with Gasteiger partial charge in [0.05, 0.1) is 23.5 Å². The van der Waals surface area contributed by atoms with Crippen molar-refractivity contribution in [2.45, 2.75) is 75.8 Å². The number of piperazine rings is 1. The number of fused-ring (bicyclic) bond motifs is 5. The van der Waals surface area contributed by atoms with Crippen LogP contribution in [0.15, 0.2) is 11.2 Å². The fourth-order valence-electron chi connectivity index (χ4n) is 5.78. The second-order valence-electron chi connectivity index (χ2n) is 10.7. The Labute approximate surface area is 203 Å². The summed E-state index contributed by atoms with van der Waals surface area (Å²) in [4.78, 5) is 25.6. The number of ether oxygens (including phenoxy) is 1. The van der Waals surface area contributed by atoms with Crippen LogP contribution in [0.1, 0.15) is 46.1 Å². The van der Waals surface area contributed by atoms with E-state index in [2.05, 4.69) is 21.8 Å². The standard InChI is InChI=1S/C23H28ClFN4O4S/c1-11-8-13-14(24)9-15(25)18-17(13)20(27-21(26-18)34(5,31)32)28-10-12-6-7-16(19(11)28)29(12)22(30)33-23(2,3)4/h9,11-12,16,19H,6-8,10H2,1-5H3/t11-,12+,16-,19-/m0/s1. The number of nitrogens with zero attached hydrogens (tertiary/aromatic N) is 4. The minimum Gasteiger partial charge on any atom is -0.444 e. The molecule has 2 bridgehead atoms. The Morgan fingerprint density at radius 1 is 1.26 bits per heavy atom. The summed E-state index contributed by atoms with van der Waals surface area (Å²) in [7, 11) is -3.79. The highest BCUT2D eigenvalue weighted by Crippen LogP contribution is 2.46. The van der Waals surface area contributed by atoms with Crippen LogP contribution >= 0.6 is 11.6 Å². The van der Waals surface area contributed by atoms with Crippen LogP contribution in [-0.2, 0) is 21.0 Å². The molecule has 0 N–H and O–H groups in total. The van der Waals surface area contributed by atoms with Crippen molar-refractivity contribution in [2.24, 2.45) is 5.92 Å². The van der Waals surface area contributed by atoms with E-state index in [1.165, 1.54) is 6.07 Å². The van der Waals surface area contributed by atoms with E-state index in [0.29, 0.717) is 29.7 Å². The molecule has 0 spiro atoms. The summed E-state index contributed by atoms with van der Waals surface area (Å²) < 4.78 is 45.5. The number of rotatable bonds is 1. The summed E-state index contributed by atoms with van der Waals surface area (Å²) in [5.41, 5.74) is 0.0436. The molecule has 1 aromatic heterocycles. The van der Waals surface area contributed by atoms with E-state index >= 15 is 4.39 Å². The molecule has 1 amide bonds. The molecule has 184 valence electrons. The first-order valence-electron chi connectivity index (χ1n) is 11.4. The molecule has 11 heteroatoms. The van der Waals surface area contributed by atoms with E-state index in [-0.39, 0.29) is 40.7 Å². The van der Waals surface area contributed by atoms with Crippen molar-refractivity contribution < 1.29 is 22.3 Å². The number of carbonyl (C=O) groups excluding carboxylic acids is 1. The highest BCUT2D eigenvalue weighted by molar-refractivity contribution is 7.90. The van der Waals surface area contributed by atoms with Crippen molar-refractivity contribution in [3.05, 3.63) is 22.5 Å². The van der Waals surface area contributed by atoms with Gasteiger partial charge in [-0.05, 0) is 57.6 Å². The van der Waals surface area contributed by atoms with E-state index < -0.39 is 26.4 Å². The van der Waals surface area contributed by atoms with E-state index in [4.69, 9.17) is 16.3 Å². The Hall–Kier alpha value is -2.20. The summed E-state index contributed by atoms with van der Waals surface area (Å²) in [6, 6.07) is 0.759. The lowest BCUT2D eigenvalue weighted by molar-refractivity contribution is 0.00492. The largest absolute Gasteiger partial charge is 0.444 e. The molecule has 3 aliphatic heterocycles. The van der Waals surface area contributed by atoms with Gasteiger partial charge in [0.1, 0.15) is 16.9 Å². The second kappa shape index (κ2) is 7.65. The monoisotopic (exact) mass is 510 g/mol. The Bertz CT molecular complexity index is 1310. The highest BCUT2D eigenvalue weighted by atomic mass is 35.5. The summed E-state index contributed by atoms with van der Waals surface area (Å²) in [5.74, 6) is -0.285. The first kappa shape index (κ1) is 23.5. The molecular weight excluding hydrogens is 483 g/mol. The zero-order valence-electron chi connectivity index (χ0n) is 19.8. The van der Waals surface area contributed by atoms with Gasteiger partial charge in [-0.1, -0.05) is 18.5 Å². The predicted octanol–water partition coefficient (Wildman–Crippen LogP) is 3.97. The maximum absolute atomic E-state index is 15.0. The first-order chi connectivity index (χ1) is 15.8. The van der Waals surface area contributed by atoms with Crippen molar-refractivity contribution in [3.63, 3.8) is 0 Å². The third kappa shape index (κ3) is 3.69. The van der Waals surface area contributed by atoms with Crippen LogP contribution in [0.5, 0.6) is 0 Å². The number of benzene rings is 1. The van der Waals surface area contributed by atoms with Crippen LogP contribution in [0.2, 0.25) is 5.02 Å². The van der Waals surface area contributed by atoms with Crippen LogP contribution in [0, 0.1) is 11.7 Å². The molecule has 2 fully saturated rings. The molecule has 0 aliphatic carbocycles. The lowest BCUT2D eigenvalue weighted by Crippen LogP contribution is -2.63. The van der Waals surface area contributed by atoms with Gasteiger partial charge in [-0.15, -0.1) is 0 Å². The minimum atomic E-state index is -3.79. The number of aromatic nitrogens is 2. The van der Waals surface area contributed by atoms with Crippen molar-refractivity contribution in [1.29, 1.82) is 0 Å². The maximum atomic E-state index is 15.0. The second-order valence-corrected chi connectivity index (χ2v) is 13.0. The topological polar surface area (TPSA) is 92.7 Å². The highest BCUT2D eigenvalue weighted by Gasteiger charge is 2.52. The average Bonchev–Trinajstić information content (AvgIpc) is 2.94. The number of halogens is 2. The molecule has 5 rings (SSSR count). The summed E-state index contributed by atoms with van der Waals surface area (Å²) >= 11 is 6.49. The summed E-state index contributed by atoms with van der Waals surface area (Å²) in [5, 5.41) is 0.303. The zero-order valence-corrected chi connectivity index (χ0v) is 21.4. The van der Waals surface area contributed by atoms with Gasteiger partial charge in [-0.2, -0.15) is 0 Å². The molecule has 0 unspecified atom stereocenters. The van der Waals surface area contributed by atoms with Gasteiger partial charge in [0.15, 0.2) is 5.82 Å². The van der Waals surface area contributed by atoms with Crippen molar-refractivity contribution in [2.75, 3.05) is 17.7 Å². The molecule has 3 aliphatic rings. The molecule has 0 radical (unpaired) electrons. The Morgan fingerprint density at radius 2 is 1.97 bits per heavy atom. The summed E-state index contributed by atoms with van der Waals surface area (Å²) in [6.45, 7) is 8.04. The maximum Gasteiger partial charge on any atom is 0.410 e. The molecule has 2 saturated heterocycles. The molecule has 0 saturated carbocycles. The first-order valence-corrected chi connectivity index (χ1v) is 13.7. The van der Waals surface area contributed by atoms with E-state index in [0.717, 1.165) is 19.1 Å². The van der Waals surface area contributed by atoms with Crippen LogP contribution in [0.25, 0.3) is 10.9 Å². The predicted molar refractivity (Wildman–Crippen MR) is 127 cm³/mol. The number of hydrogen-bond donors (Lipinski definition) is 0. The SMILES string of the molecule is C[C@H]1Cc2c(Cl)cc(F)c3nc(S(C)(=O)=O)nc(c23)N2C[C@H]3CC[C@@H]([C@H]12)N3C(=O)OC(C)(C)C. The fraction of sp³-hybridized carbons (Fsp3) is 0.609.